The van der Waals surface area contributed by atoms with E-state index in [1.54, 1.807) is 0 Å². The molecule has 1 aromatic carbocycles. The number of benzene rings is 1. The van der Waals surface area contributed by atoms with Crippen LogP contribution in [0.4, 0.5) is 0 Å². The first-order valence-electron chi connectivity index (χ1n) is 3.74. The molecule has 0 amide bonds. The van der Waals surface area contributed by atoms with Gasteiger partial charge in [0.15, 0.2) is 0 Å². The first-order valence-corrected chi connectivity index (χ1v) is 3.74. The highest BCUT2D eigenvalue weighted by Crippen LogP contribution is 2.19. The Bertz CT molecular complexity index is 245. The van der Waals surface area contributed by atoms with Crippen LogP contribution < -0.4 is 10.7 Å². The minimum absolute atomic E-state index is 0.785. The molecule has 0 saturated heterocycles. The summed E-state index contributed by atoms with van der Waals surface area (Å²) >= 11 is 0. The molecule has 0 fully saturated rings. The Morgan fingerprint density at radius 1 is 1.45 bits per heavy atom. The molecule has 11 heavy (non-hydrogen) atoms. The molecule has 0 aromatic heterocycles. The summed E-state index contributed by atoms with van der Waals surface area (Å²) < 4.78 is 0. The zero-order valence-electron chi connectivity index (χ0n) is 6.92. The van der Waals surface area contributed by atoms with Gasteiger partial charge < -0.3 is 4.84 Å². The zero-order valence-corrected chi connectivity index (χ0v) is 6.92. The summed E-state index contributed by atoms with van der Waals surface area (Å²) in [5, 5.41) is 0. The second kappa shape index (κ2) is 3.39. The van der Waals surface area contributed by atoms with Crippen molar-refractivity contribution in [2.45, 2.75) is 20.3 Å². The highest BCUT2D eigenvalue weighted by Gasteiger charge is 1.99. The SMILES string of the molecule is CCc1ccc(C)cc1ON. The van der Waals surface area contributed by atoms with E-state index in [0.29, 0.717) is 0 Å². The molecule has 0 saturated carbocycles. The van der Waals surface area contributed by atoms with Crippen LogP contribution in [-0.4, -0.2) is 0 Å². The molecular weight excluding hydrogens is 138 g/mol. The van der Waals surface area contributed by atoms with E-state index >= 15 is 0 Å². The maximum atomic E-state index is 5.10. The third-order valence-electron chi connectivity index (χ3n) is 1.73. The Hall–Kier alpha value is -1.02. The molecule has 1 rings (SSSR count). The van der Waals surface area contributed by atoms with Gasteiger partial charge in [0.1, 0.15) is 5.75 Å². The first-order chi connectivity index (χ1) is 5.27. The number of hydrogen-bond acceptors (Lipinski definition) is 2. The smallest absolute Gasteiger partial charge is 0.150 e. The molecule has 2 heteroatoms. The van der Waals surface area contributed by atoms with E-state index in [2.05, 4.69) is 13.0 Å². The van der Waals surface area contributed by atoms with Gasteiger partial charge in [0.25, 0.3) is 0 Å². The average Bonchev–Trinajstić information content (AvgIpc) is 2.04. The van der Waals surface area contributed by atoms with Crippen LogP contribution in [0.2, 0.25) is 0 Å². The summed E-state index contributed by atoms with van der Waals surface area (Å²) in [6.07, 6.45) is 0.951. The average molecular weight is 151 g/mol. The van der Waals surface area contributed by atoms with E-state index in [0.717, 1.165) is 17.7 Å². The molecule has 2 nitrogen and oxygen atoms in total. The fourth-order valence-electron chi connectivity index (χ4n) is 1.06. The Morgan fingerprint density at radius 2 is 2.18 bits per heavy atom. The van der Waals surface area contributed by atoms with Gasteiger partial charge in [0.05, 0.1) is 0 Å². The molecule has 1 aromatic rings. The van der Waals surface area contributed by atoms with Gasteiger partial charge in [-0.25, -0.2) is 0 Å². The van der Waals surface area contributed by atoms with Crippen molar-refractivity contribution in [3.63, 3.8) is 0 Å². The predicted molar refractivity (Wildman–Crippen MR) is 45.4 cm³/mol. The normalized spacial score (nSPS) is 9.73. The van der Waals surface area contributed by atoms with Gasteiger partial charge in [-0.3, -0.25) is 0 Å². The quantitative estimate of drug-likeness (QED) is 0.654. The number of aryl methyl sites for hydroxylation is 2. The van der Waals surface area contributed by atoms with Crippen LogP contribution in [0, 0.1) is 6.92 Å². The standard InChI is InChI=1S/C9H13NO/c1-3-8-5-4-7(2)6-9(8)11-10/h4-6H,3,10H2,1-2H3. The van der Waals surface area contributed by atoms with E-state index in [-0.39, 0.29) is 0 Å². The fraction of sp³-hybridized carbons (Fsp3) is 0.333. The molecule has 0 bridgehead atoms. The maximum Gasteiger partial charge on any atom is 0.150 e. The van der Waals surface area contributed by atoms with Crippen molar-refractivity contribution >= 4 is 0 Å². The minimum Gasteiger partial charge on any atom is -0.411 e. The third-order valence-corrected chi connectivity index (χ3v) is 1.73. The van der Waals surface area contributed by atoms with E-state index in [1.165, 1.54) is 5.56 Å². The van der Waals surface area contributed by atoms with E-state index in [1.807, 2.05) is 19.1 Å². The van der Waals surface area contributed by atoms with Gasteiger partial charge in [-0.15, -0.1) is 0 Å². The van der Waals surface area contributed by atoms with Crippen molar-refractivity contribution < 1.29 is 4.84 Å². The summed E-state index contributed by atoms with van der Waals surface area (Å²) in [6.45, 7) is 4.09. The largest absolute Gasteiger partial charge is 0.411 e. The monoisotopic (exact) mass is 151 g/mol. The molecule has 0 aliphatic heterocycles. The Balaban J connectivity index is 3.06. The van der Waals surface area contributed by atoms with Crippen molar-refractivity contribution in [2.75, 3.05) is 0 Å². The van der Waals surface area contributed by atoms with Crippen molar-refractivity contribution in [1.82, 2.24) is 0 Å². The lowest BCUT2D eigenvalue weighted by atomic mass is 10.1. The fourth-order valence-corrected chi connectivity index (χ4v) is 1.06. The Labute approximate surface area is 66.9 Å². The molecule has 0 aliphatic rings. The summed E-state index contributed by atoms with van der Waals surface area (Å²) in [5.74, 6) is 5.88. The predicted octanol–water partition coefficient (Wildman–Crippen LogP) is 1.81. The summed E-state index contributed by atoms with van der Waals surface area (Å²) in [5.41, 5.74) is 2.32. The van der Waals surface area contributed by atoms with E-state index < -0.39 is 0 Å². The molecule has 0 unspecified atom stereocenters. The second-order valence-electron chi connectivity index (χ2n) is 2.58. The highest BCUT2D eigenvalue weighted by molar-refractivity contribution is 5.36. The zero-order chi connectivity index (χ0) is 8.27. The van der Waals surface area contributed by atoms with Crippen LogP contribution in [0.15, 0.2) is 18.2 Å². The molecule has 60 valence electrons. The second-order valence-corrected chi connectivity index (χ2v) is 2.58. The minimum atomic E-state index is 0.785. The van der Waals surface area contributed by atoms with Crippen LogP contribution in [0.5, 0.6) is 5.75 Å². The number of rotatable bonds is 2. The lowest BCUT2D eigenvalue weighted by Crippen LogP contribution is -2.04. The van der Waals surface area contributed by atoms with Gasteiger partial charge >= 0.3 is 0 Å². The molecule has 0 heterocycles. The highest BCUT2D eigenvalue weighted by atomic mass is 16.6. The molecule has 0 spiro atoms. The maximum absolute atomic E-state index is 5.10. The van der Waals surface area contributed by atoms with Crippen molar-refractivity contribution in [3.05, 3.63) is 29.3 Å². The lowest BCUT2D eigenvalue weighted by molar-refractivity contribution is 0.331. The first kappa shape index (κ1) is 8.08. The Morgan fingerprint density at radius 3 is 2.73 bits per heavy atom. The number of nitrogens with two attached hydrogens (primary N) is 1. The van der Waals surface area contributed by atoms with Crippen LogP contribution in [-0.2, 0) is 6.42 Å². The number of hydrogen-bond donors (Lipinski definition) is 1. The lowest BCUT2D eigenvalue weighted by Gasteiger charge is -2.05. The van der Waals surface area contributed by atoms with Gasteiger partial charge in [-0.1, -0.05) is 19.1 Å². The topological polar surface area (TPSA) is 35.2 Å². The van der Waals surface area contributed by atoms with Crippen molar-refractivity contribution in [2.24, 2.45) is 5.90 Å². The van der Waals surface area contributed by atoms with Crippen LogP contribution in [0.1, 0.15) is 18.1 Å². The van der Waals surface area contributed by atoms with Gasteiger partial charge in [-0.05, 0) is 30.5 Å². The third kappa shape index (κ3) is 1.71. The molecule has 0 atom stereocenters. The van der Waals surface area contributed by atoms with Crippen LogP contribution in [0.3, 0.4) is 0 Å². The van der Waals surface area contributed by atoms with Crippen LogP contribution >= 0.6 is 0 Å². The summed E-state index contributed by atoms with van der Waals surface area (Å²) in [4.78, 5) is 4.72. The summed E-state index contributed by atoms with van der Waals surface area (Å²) in [7, 11) is 0. The van der Waals surface area contributed by atoms with Gasteiger partial charge in [0.2, 0.25) is 0 Å². The Kier molecular flexibility index (Phi) is 2.49. The van der Waals surface area contributed by atoms with Crippen molar-refractivity contribution in [1.29, 1.82) is 0 Å². The summed E-state index contributed by atoms with van der Waals surface area (Å²) in [6, 6.07) is 6.04. The van der Waals surface area contributed by atoms with Crippen molar-refractivity contribution in [3.8, 4) is 5.75 Å². The molecular formula is C9H13NO. The van der Waals surface area contributed by atoms with E-state index in [4.69, 9.17) is 10.7 Å². The van der Waals surface area contributed by atoms with Gasteiger partial charge in [0, 0.05) is 0 Å². The van der Waals surface area contributed by atoms with Crippen LogP contribution in [0.25, 0.3) is 0 Å². The molecule has 0 aliphatic carbocycles. The molecule has 0 radical (unpaired) electrons. The molecule has 2 N–H and O–H groups in total. The van der Waals surface area contributed by atoms with Gasteiger partial charge in [-0.2, -0.15) is 5.90 Å². The van der Waals surface area contributed by atoms with E-state index in [9.17, 15) is 0 Å².